The molecule has 1 heterocycles. The van der Waals surface area contributed by atoms with Crippen LogP contribution in [-0.2, 0) is 12.8 Å². The van der Waals surface area contributed by atoms with E-state index < -0.39 is 0 Å². The summed E-state index contributed by atoms with van der Waals surface area (Å²) in [5.41, 5.74) is 11.9. The second-order valence-corrected chi connectivity index (χ2v) is 6.00. The first-order valence-corrected chi connectivity index (χ1v) is 7.95. The zero-order valence-electron chi connectivity index (χ0n) is 13.3. The summed E-state index contributed by atoms with van der Waals surface area (Å²) in [6.45, 7) is 8.44. The van der Waals surface area contributed by atoms with Gasteiger partial charge >= 0.3 is 0 Å². The van der Waals surface area contributed by atoms with E-state index in [9.17, 15) is 0 Å². The van der Waals surface area contributed by atoms with Gasteiger partial charge in [-0.15, -0.1) is 0 Å². The van der Waals surface area contributed by atoms with Crippen molar-refractivity contribution in [3.63, 3.8) is 0 Å². The Morgan fingerprint density at radius 1 is 1.29 bits per heavy atom. The Bertz CT molecular complexity index is 631. The Morgan fingerprint density at radius 2 is 2.00 bits per heavy atom. The van der Waals surface area contributed by atoms with E-state index in [0.717, 1.165) is 35.7 Å². The molecule has 2 aromatic rings. The Kier molecular flexibility index (Phi) is 5.07. The SMILES string of the molecule is CCc1c(C)nn(-c2cc(Cl)ccc2CC(N)CC)c1C. The zero-order valence-corrected chi connectivity index (χ0v) is 14.0. The molecular formula is C17H24ClN3. The van der Waals surface area contributed by atoms with Gasteiger partial charge in [0.15, 0.2) is 0 Å². The Morgan fingerprint density at radius 3 is 2.57 bits per heavy atom. The zero-order chi connectivity index (χ0) is 15.6. The van der Waals surface area contributed by atoms with Crippen LogP contribution in [0.15, 0.2) is 18.2 Å². The highest BCUT2D eigenvalue weighted by Gasteiger charge is 2.15. The molecule has 0 spiro atoms. The maximum atomic E-state index is 6.20. The molecule has 0 saturated heterocycles. The molecule has 2 rings (SSSR count). The minimum Gasteiger partial charge on any atom is -0.327 e. The lowest BCUT2D eigenvalue weighted by Crippen LogP contribution is -2.22. The first-order valence-electron chi connectivity index (χ1n) is 7.57. The molecule has 0 radical (unpaired) electrons. The monoisotopic (exact) mass is 305 g/mol. The van der Waals surface area contributed by atoms with Gasteiger partial charge in [0.2, 0.25) is 0 Å². The molecule has 114 valence electrons. The van der Waals surface area contributed by atoms with Gasteiger partial charge in [0.05, 0.1) is 11.4 Å². The molecule has 0 saturated carbocycles. The highest BCUT2D eigenvalue weighted by molar-refractivity contribution is 6.30. The molecule has 2 N–H and O–H groups in total. The second kappa shape index (κ2) is 6.63. The van der Waals surface area contributed by atoms with Crippen LogP contribution < -0.4 is 5.73 Å². The molecule has 1 atom stereocenters. The first-order chi connectivity index (χ1) is 9.97. The molecule has 0 amide bonds. The van der Waals surface area contributed by atoms with Crippen LogP contribution in [0.25, 0.3) is 5.69 Å². The number of nitrogens with two attached hydrogens (primary N) is 1. The van der Waals surface area contributed by atoms with Gasteiger partial charge in [-0.25, -0.2) is 4.68 Å². The van der Waals surface area contributed by atoms with Gasteiger partial charge < -0.3 is 5.73 Å². The summed E-state index contributed by atoms with van der Waals surface area (Å²) < 4.78 is 2.01. The Hall–Kier alpha value is -1.32. The summed E-state index contributed by atoms with van der Waals surface area (Å²) in [6.07, 6.45) is 2.78. The van der Waals surface area contributed by atoms with E-state index in [1.807, 2.05) is 16.8 Å². The third-order valence-corrected chi connectivity index (χ3v) is 4.31. The topological polar surface area (TPSA) is 43.8 Å². The van der Waals surface area contributed by atoms with Crippen LogP contribution in [0.2, 0.25) is 5.02 Å². The van der Waals surface area contributed by atoms with Crippen molar-refractivity contribution in [2.75, 3.05) is 0 Å². The summed E-state index contributed by atoms with van der Waals surface area (Å²) >= 11 is 6.20. The normalized spacial score (nSPS) is 12.7. The molecule has 0 bridgehead atoms. The Balaban J connectivity index is 2.54. The van der Waals surface area contributed by atoms with Gasteiger partial charge in [-0.2, -0.15) is 5.10 Å². The number of halogens is 1. The van der Waals surface area contributed by atoms with Gasteiger partial charge in [-0.05, 0) is 56.4 Å². The summed E-state index contributed by atoms with van der Waals surface area (Å²) in [6, 6.07) is 6.13. The predicted molar refractivity (Wildman–Crippen MR) is 89.4 cm³/mol. The number of benzene rings is 1. The van der Waals surface area contributed by atoms with E-state index in [1.54, 1.807) is 0 Å². The summed E-state index contributed by atoms with van der Waals surface area (Å²) in [5, 5.41) is 5.43. The van der Waals surface area contributed by atoms with Gasteiger partial charge in [0.25, 0.3) is 0 Å². The van der Waals surface area contributed by atoms with E-state index >= 15 is 0 Å². The first kappa shape index (κ1) is 16.1. The van der Waals surface area contributed by atoms with Crippen molar-refractivity contribution in [1.82, 2.24) is 9.78 Å². The van der Waals surface area contributed by atoms with Crippen LogP contribution >= 0.6 is 11.6 Å². The molecule has 0 aliphatic heterocycles. The molecule has 4 heteroatoms. The summed E-state index contributed by atoms with van der Waals surface area (Å²) in [5.74, 6) is 0. The molecule has 3 nitrogen and oxygen atoms in total. The standard InChI is InChI=1S/C17H24ClN3/c1-5-15(19)9-13-7-8-14(18)10-17(13)21-12(4)16(6-2)11(3)20-21/h7-8,10,15H,5-6,9,19H2,1-4H3. The van der Waals surface area contributed by atoms with Gasteiger partial charge in [-0.1, -0.05) is 31.5 Å². The van der Waals surface area contributed by atoms with Gasteiger partial charge in [0.1, 0.15) is 0 Å². The average Bonchev–Trinajstić information content (AvgIpc) is 2.75. The molecule has 0 fully saturated rings. The lowest BCUT2D eigenvalue weighted by molar-refractivity contribution is 0.641. The van der Waals surface area contributed by atoms with E-state index in [1.165, 1.54) is 16.8 Å². The van der Waals surface area contributed by atoms with Crippen LogP contribution in [0.1, 0.15) is 42.8 Å². The number of aryl methyl sites for hydroxylation is 1. The largest absolute Gasteiger partial charge is 0.327 e. The fourth-order valence-corrected chi connectivity index (χ4v) is 2.92. The molecular weight excluding hydrogens is 282 g/mol. The average molecular weight is 306 g/mol. The number of hydrogen-bond acceptors (Lipinski definition) is 2. The second-order valence-electron chi connectivity index (χ2n) is 5.56. The highest BCUT2D eigenvalue weighted by atomic mass is 35.5. The summed E-state index contributed by atoms with van der Waals surface area (Å²) in [7, 11) is 0. The van der Waals surface area contributed by atoms with E-state index in [2.05, 4.69) is 33.8 Å². The molecule has 1 unspecified atom stereocenters. The van der Waals surface area contributed by atoms with Gasteiger partial charge in [-0.3, -0.25) is 0 Å². The van der Waals surface area contributed by atoms with E-state index in [0.29, 0.717) is 0 Å². The van der Waals surface area contributed by atoms with Crippen LogP contribution in [0.4, 0.5) is 0 Å². The van der Waals surface area contributed by atoms with E-state index in [-0.39, 0.29) is 6.04 Å². The van der Waals surface area contributed by atoms with Crippen molar-refractivity contribution in [2.24, 2.45) is 5.73 Å². The lowest BCUT2D eigenvalue weighted by atomic mass is 10.0. The van der Waals surface area contributed by atoms with Gasteiger partial charge in [0, 0.05) is 16.8 Å². The van der Waals surface area contributed by atoms with Crippen LogP contribution in [0.5, 0.6) is 0 Å². The van der Waals surface area contributed by atoms with Crippen molar-refractivity contribution in [3.8, 4) is 5.69 Å². The Labute approximate surface area is 132 Å². The van der Waals surface area contributed by atoms with Crippen molar-refractivity contribution >= 4 is 11.6 Å². The smallest absolute Gasteiger partial charge is 0.0696 e. The fraction of sp³-hybridized carbons (Fsp3) is 0.471. The number of nitrogens with zero attached hydrogens (tertiary/aromatic N) is 2. The van der Waals surface area contributed by atoms with Crippen LogP contribution in [0.3, 0.4) is 0 Å². The minimum absolute atomic E-state index is 0.160. The molecule has 0 aliphatic carbocycles. The van der Waals surface area contributed by atoms with E-state index in [4.69, 9.17) is 22.4 Å². The maximum absolute atomic E-state index is 6.20. The maximum Gasteiger partial charge on any atom is 0.0696 e. The highest BCUT2D eigenvalue weighted by Crippen LogP contribution is 2.25. The molecule has 0 aliphatic rings. The summed E-state index contributed by atoms with van der Waals surface area (Å²) in [4.78, 5) is 0. The fourth-order valence-electron chi connectivity index (χ4n) is 2.75. The minimum atomic E-state index is 0.160. The van der Waals surface area contributed by atoms with Crippen LogP contribution in [0, 0.1) is 13.8 Å². The third-order valence-electron chi connectivity index (χ3n) is 4.08. The molecule has 1 aromatic carbocycles. The van der Waals surface area contributed by atoms with Crippen molar-refractivity contribution in [3.05, 3.63) is 45.7 Å². The molecule has 21 heavy (non-hydrogen) atoms. The quantitative estimate of drug-likeness (QED) is 0.908. The van der Waals surface area contributed by atoms with Crippen molar-refractivity contribution in [2.45, 2.75) is 53.0 Å². The van der Waals surface area contributed by atoms with Crippen molar-refractivity contribution < 1.29 is 0 Å². The number of aromatic nitrogens is 2. The third kappa shape index (κ3) is 3.30. The number of hydrogen-bond donors (Lipinski definition) is 1. The van der Waals surface area contributed by atoms with Crippen molar-refractivity contribution in [1.29, 1.82) is 0 Å². The number of rotatable bonds is 5. The lowest BCUT2D eigenvalue weighted by Gasteiger charge is -2.15. The predicted octanol–water partition coefficient (Wildman–Crippen LogP) is 3.98. The van der Waals surface area contributed by atoms with Crippen LogP contribution in [-0.4, -0.2) is 15.8 Å². The molecule has 1 aromatic heterocycles.